The molecule has 6 nitrogen and oxygen atoms in total. The molecule has 2 rings (SSSR count). The van der Waals surface area contributed by atoms with Crippen LogP contribution in [0.2, 0.25) is 0 Å². The third-order valence-corrected chi connectivity index (χ3v) is 3.25. The first-order chi connectivity index (χ1) is 8.18. The summed E-state index contributed by atoms with van der Waals surface area (Å²) in [5.74, 6) is 0.219. The number of nitrogens with zero attached hydrogens (tertiary/aromatic N) is 4. The van der Waals surface area contributed by atoms with Crippen LogP contribution in [0.15, 0.2) is 0 Å². The van der Waals surface area contributed by atoms with E-state index in [1.807, 2.05) is 18.9 Å². The molecule has 0 spiro atoms. The Kier molecular flexibility index (Phi) is 3.73. The molecule has 2 heterocycles. The second-order valence-electron chi connectivity index (χ2n) is 4.38. The van der Waals surface area contributed by atoms with Crippen molar-refractivity contribution in [2.24, 2.45) is 7.05 Å². The number of hydrogen-bond donors (Lipinski definition) is 1. The molecule has 6 heteroatoms. The van der Waals surface area contributed by atoms with E-state index in [-0.39, 0.29) is 5.91 Å². The molecule has 1 N–H and O–H groups in total. The lowest BCUT2D eigenvalue weighted by Gasteiger charge is -2.27. The maximum atomic E-state index is 11.9. The molecule has 0 atom stereocenters. The molecule has 1 aromatic rings. The number of amides is 1. The maximum Gasteiger partial charge on any atom is 0.223 e. The number of carbonyl (C=O) groups is 1. The van der Waals surface area contributed by atoms with Gasteiger partial charge in [-0.25, -0.2) is 0 Å². The van der Waals surface area contributed by atoms with E-state index < -0.39 is 0 Å². The fourth-order valence-electron chi connectivity index (χ4n) is 1.98. The fourth-order valence-corrected chi connectivity index (χ4v) is 1.98. The monoisotopic (exact) mass is 237 g/mol. The molecule has 1 aliphatic heterocycles. The van der Waals surface area contributed by atoms with Crippen molar-refractivity contribution in [1.29, 1.82) is 0 Å². The van der Waals surface area contributed by atoms with Crippen LogP contribution in [0.3, 0.4) is 0 Å². The number of rotatable bonds is 3. The first-order valence-electron chi connectivity index (χ1n) is 6.02. The van der Waals surface area contributed by atoms with Gasteiger partial charge in [0.05, 0.1) is 11.4 Å². The zero-order chi connectivity index (χ0) is 12.3. The van der Waals surface area contributed by atoms with E-state index >= 15 is 0 Å². The first kappa shape index (κ1) is 12.0. The Balaban J connectivity index is 1.85. The molecule has 0 unspecified atom stereocenters. The third-order valence-electron chi connectivity index (χ3n) is 3.25. The van der Waals surface area contributed by atoms with Crippen LogP contribution < -0.4 is 5.32 Å². The Labute approximate surface area is 101 Å². The van der Waals surface area contributed by atoms with Gasteiger partial charge < -0.3 is 10.2 Å². The molecule has 0 radical (unpaired) electrons. The summed E-state index contributed by atoms with van der Waals surface area (Å²) in [6.45, 7) is 5.41. The van der Waals surface area contributed by atoms with Crippen molar-refractivity contribution in [3.63, 3.8) is 0 Å². The van der Waals surface area contributed by atoms with E-state index in [1.165, 1.54) is 0 Å². The number of nitrogens with one attached hydrogen (secondary N) is 1. The maximum absolute atomic E-state index is 11.9. The largest absolute Gasteiger partial charge is 0.340 e. The van der Waals surface area contributed by atoms with Gasteiger partial charge in [0.2, 0.25) is 5.91 Å². The van der Waals surface area contributed by atoms with Crippen LogP contribution in [-0.2, 0) is 18.3 Å². The topological polar surface area (TPSA) is 63.1 Å². The Morgan fingerprint density at radius 2 is 2.12 bits per heavy atom. The van der Waals surface area contributed by atoms with Gasteiger partial charge in [-0.2, -0.15) is 0 Å². The Bertz CT molecular complexity index is 395. The average molecular weight is 237 g/mol. The van der Waals surface area contributed by atoms with E-state index in [9.17, 15) is 4.79 Å². The Morgan fingerprint density at radius 3 is 2.71 bits per heavy atom. The van der Waals surface area contributed by atoms with E-state index in [4.69, 9.17) is 0 Å². The number of aryl methyl sites for hydroxylation is 2. The van der Waals surface area contributed by atoms with Gasteiger partial charge >= 0.3 is 0 Å². The van der Waals surface area contributed by atoms with E-state index in [2.05, 4.69) is 15.6 Å². The first-order valence-corrected chi connectivity index (χ1v) is 6.02. The molecule has 17 heavy (non-hydrogen) atoms. The van der Waals surface area contributed by atoms with Crippen LogP contribution in [0.4, 0.5) is 0 Å². The second-order valence-corrected chi connectivity index (χ2v) is 4.38. The summed E-state index contributed by atoms with van der Waals surface area (Å²) in [5, 5.41) is 11.2. The summed E-state index contributed by atoms with van der Waals surface area (Å²) < 4.78 is 1.74. The summed E-state index contributed by atoms with van der Waals surface area (Å²) in [7, 11) is 1.87. The van der Waals surface area contributed by atoms with Crippen LogP contribution >= 0.6 is 0 Å². The summed E-state index contributed by atoms with van der Waals surface area (Å²) >= 11 is 0. The molecule has 1 saturated heterocycles. The molecule has 0 aliphatic carbocycles. The van der Waals surface area contributed by atoms with Gasteiger partial charge in [0, 0.05) is 46.1 Å². The minimum atomic E-state index is 0.219. The highest BCUT2D eigenvalue weighted by molar-refractivity contribution is 5.76. The molecular formula is C11H19N5O. The van der Waals surface area contributed by atoms with Gasteiger partial charge in [0.15, 0.2) is 0 Å². The van der Waals surface area contributed by atoms with Gasteiger partial charge in [-0.1, -0.05) is 5.21 Å². The average Bonchev–Trinajstić information content (AvgIpc) is 2.68. The lowest BCUT2D eigenvalue weighted by Crippen LogP contribution is -2.46. The Morgan fingerprint density at radius 1 is 1.41 bits per heavy atom. The van der Waals surface area contributed by atoms with Gasteiger partial charge in [0.1, 0.15) is 0 Å². The van der Waals surface area contributed by atoms with Crippen molar-refractivity contribution >= 4 is 5.91 Å². The highest BCUT2D eigenvalue weighted by atomic mass is 16.2. The normalized spacial score (nSPS) is 16.2. The van der Waals surface area contributed by atoms with Crippen molar-refractivity contribution in [1.82, 2.24) is 25.2 Å². The third kappa shape index (κ3) is 2.82. The molecule has 1 aliphatic rings. The molecule has 0 bridgehead atoms. The highest BCUT2D eigenvalue weighted by Crippen LogP contribution is 2.07. The number of carbonyl (C=O) groups excluding carboxylic acids is 1. The van der Waals surface area contributed by atoms with E-state index in [0.717, 1.165) is 37.6 Å². The molecule has 94 valence electrons. The minimum Gasteiger partial charge on any atom is -0.340 e. The zero-order valence-corrected chi connectivity index (χ0v) is 10.4. The lowest BCUT2D eigenvalue weighted by molar-refractivity contribution is -0.131. The quantitative estimate of drug-likeness (QED) is 0.769. The zero-order valence-electron chi connectivity index (χ0n) is 10.4. The summed E-state index contributed by atoms with van der Waals surface area (Å²) in [6.07, 6.45) is 1.21. The lowest BCUT2D eigenvalue weighted by atomic mass is 10.2. The highest BCUT2D eigenvalue weighted by Gasteiger charge is 2.17. The Hall–Kier alpha value is -1.43. The van der Waals surface area contributed by atoms with Crippen LogP contribution in [-0.4, -0.2) is 52.0 Å². The summed E-state index contributed by atoms with van der Waals surface area (Å²) in [4.78, 5) is 13.9. The van der Waals surface area contributed by atoms with Gasteiger partial charge in [-0.15, -0.1) is 5.10 Å². The second kappa shape index (κ2) is 5.27. The predicted molar refractivity (Wildman–Crippen MR) is 63.5 cm³/mol. The molecule has 1 aromatic heterocycles. The minimum absolute atomic E-state index is 0.219. The van der Waals surface area contributed by atoms with Crippen molar-refractivity contribution in [2.45, 2.75) is 19.8 Å². The van der Waals surface area contributed by atoms with Crippen molar-refractivity contribution < 1.29 is 4.79 Å². The molecule has 1 amide bonds. The smallest absolute Gasteiger partial charge is 0.223 e. The molecular weight excluding hydrogens is 218 g/mol. The van der Waals surface area contributed by atoms with Crippen LogP contribution in [0.5, 0.6) is 0 Å². The number of hydrogen-bond acceptors (Lipinski definition) is 4. The SMILES string of the molecule is Cc1c(CCC(=O)N2CCNCC2)nnn1C. The van der Waals surface area contributed by atoms with Crippen molar-refractivity contribution in [3.05, 3.63) is 11.4 Å². The summed E-state index contributed by atoms with van der Waals surface area (Å²) in [5.41, 5.74) is 1.97. The van der Waals surface area contributed by atoms with Crippen molar-refractivity contribution in [2.75, 3.05) is 26.2 Å². The van der Waals surface area contributed by atoms with Gasteiger partial charge in [-0.05, 0) is 6.92 Å². The van der Waals surface area contributed by atoms with Gasteiger partial charge in [-0.3, -0.25) is 9.48 Å². The molecule has 0 aromatic carbocycles. The number of aromatic nitrogens is 3. The molecule has 1 fully saturated rings. The van der Waals surface area contributed by atoms with E-state index in [0.29, 0.717) is 12.8 Å². The van der Waals surface area contributed by atoms with Gasteiger partial charge in [0.25, 0.3) is 0 Å². The van der Waals surface area contributed by atoms with E-state index in [1.54, 1.807) is 4.68 Å². The van der Waals surface area contributed by atoms with Crippen LogP contribution in [0.1, 0.15) is 17.8 Å². The molecule has 0 saturated carbocycles. The standard InChI is InChI=1S/C11H19N5O/c1-9-10(13-14-15(9)2)3-4-11(17)16-7-5-12-6-8-16/h12H,3-8H2,1-2H3. The van der Waals surface area contributed by atoms with Crippen LogP contribution in [0.25, 0.3) is 0 Å². The summed E-state index contributed by atoms with van der Waals surface area (Å²) in [6, 6.07) is 0. The van der Waals surface area contributed by atoms with Crippen LogP contribution in [0, 0.1) is 6.92 Å². The number of piperazine rings is 1. The van der Waals surface area contributed by atoms with Crippen molar-refractivity contribution in [3.8, 4) is 0 Å². The fraction of sp³-hybridized carbons (Fsp3) is 0.727. The predicted octanol–water partition coefficient (Wildman–Crippen LogP) is -0.512.